The molecule has 6 aromatic rings. The van der Waals surface area contributed by atoms with Gasteiger partial charge in [-0.05, 0) is 55.6 Å². The topological polar surface area (TPSA) is 125 Å². The van der Waals surface area contributed by atoms with Crippen LogP contribution in [0.15, 0.2) is 67.4 Å². The maximum absolute atomic E-state index is 14.6. The van der Waals surface area contributed by atoms with Crippen LogP contribution in [0.3, 0.4) is 0 Å². The minimum atomic E-state index is -0.358. The van der Waals surface area contributed by atoms with Crippen LogP contribution in [0.1, 0.15) is 11.6 Å². The van der Waals surface area contributed by atoms with Crippen LogP contribution in [0.4, 0.5) is 4.39 Å². The monoisotopic (exact) mass is 493 g/mol. The van der Waals surface area contributed by atoms with Gasteiger partial charge in [0.1, 0.15) is 11.5 Å². The molecule has 9 nitrogen and oxygen atoms in total. The molecule has 10 heteroatoms. The van der Waals surface area contributed by atoms with Crippen LogP contribution in [-0.2, 0) is 0 Å². The Hall–Kier alpha value is -4.54. The van der Waals surface area contributed by atoms with Crippen LogP contribution in [0.2, 0.25) is 0 Å². The molecule has 37 heavy (non-hydrogen) atoms. The largest absolute Gasteiger partial charge is 0.335 e. The summed E-state index contributed by atoms with van der Waals surface area (Å²) < 4.78 is 14.6. The number of imidazole rings is 1. The molecule has 1 aromatic carbocycles. The number of nitrogens with two attached hydrogens (primary N) is 1. The van der Waals surface area contributed by atoms with Crippen LogP contribution in [-0.4, -0.2) is 60.7 Å². The van der Waals surface area contributed by atoms with Gasteiger partial charge in [0, 0.05) is 54.1 Å². The smallest absolute Gasteiger partial charge is 0.181 e. The zero-order valence-corrected chi connectivity index (χ0v) is 20.3. The van der Waals surface area contributed by atoms with Gasteiger partial charge in [-0.15, -0.1) is 0 Å². The van der Waals surface area contributed by atoms with Crippen LogP contribution < -0.4 is 5.73 Å². The lowest BCUT2D eigenvalue weighted by molar-refractivity contribution is 0.376. The number of aromatic amines is 2. The number of nitrogens with zero attached hydrogens (tertiary/aromatic N) is 6. The van der Waals surface area contributed by atoms with E-state index >= 15 is 0 Å². The molecule has 0 amide bonds. The molecule has 0 saturated carbocycles. The number of fused-ring (bicyclic) bond motifs is 2. The first-order valence-electron chi connectivity index (χ1n) is 11.8. The Balaban J connectivity index is 1.45. The number of likely N-dealkylation sites (N-methyl/N-ethyl adjacent to an activating group) is 1. The Morgan fingerprint density at radius 3 is 2.70 bits per heavy atom. The number of nitrogens with one attached hydrogen (secondary N) is 2. The van der Waals surface area contributed by atoms with Crippen molar-refractivity contribution < 1.29 is 4.39 Å². The predicted octanol–water partition coefficient (Wildman–Crippen LogP) is 4.33. The summed E-state index contributed by atoms with van der Waals surface area (Å²) >= 11 is 0. The number of hydrogen-bond acceptors (Lipinski definition) is 7. The van der Waals surface area contributed by atoms with Gasteiger partial charge >= 0.3 is 0 Å². The predicted molar refractivity (Wildman–Crippen MR) is 141 cm³/mol. The van der Waals surface area contributed by atoms with Gasteiger partial charge in [0.15, 0.2) is 11.5 Å². The lowest BCUT2D eigenvalue weighted by Crippen LogP contribution is -2.26. The van der Waals surface area contributed by atoms with E-state index in [1.54, 1.807) is 31.0 Å². The summed E-state index contributed by atoms with van der Waals surface area (Å²) in [5, 5.41) is 8.23. The summed E-state index contributed by atoms with van der Waals surface area (Å²) in [6.45, 7) is 0.597. The number of benzene rings is 1. The quantitative estimate of drug-likeness (QED) is 0.315. The molecule has 5 aromatic heterocycles. The van der Waals surface area contributed by atoms with Gasteiger partial charge in [-0.25, -0.2) is 14.4 Å². The summed E-state index contributed by atoms with van der Waals surface area (Å²) in [6, 6.07) is 10.4. The first-order chi connectivity index (χ1) is 18.0. The van der Waals surface area contributed by atoms with E-state index in [1.807, 2.05) is 43.3 Å². The molecular weight excluding hydrogens is 469 g/mol. The summed E-state index contributed by atoms with van der Waals surface area (Å²) in [6.07, 6.45) is 8.68. The SMILES string of the molecule is CN(C)CC(N)c1cc(F)cc(-c2cncc3[nH]c(-c4[nH]nc5ncc(-c6cccnc6)cc45)nc23)c1. The number of aromatic nitrogens is 7. The van der Waals surface area contributed by atoms with E-state index in [4.69, 9.17) is 10.7 Å². The second-order valence-electron chi connectivity index (χ2n) is 9.25. The fourth-order valence-electron chi connectivity index (χ4n) is 4.51. The van der Waals surface area contributed by atoms with Gasteiger partial charge in [0.2, 0.25) is 0 Å². The van der Waals surface area contributed by atoms with Crippen LogP contribution in [0.25, 0.3) is 55.8 Å². The molecule has 0 aliphatic rings. The first-order valence-corrected chi connectivity index (χ1v) is 11.8. The van der Waals surface area contributed by atoms with Crippen molar-refractivity contribution in [1.29, 1.82) is 0 Å². The second-order valence-corrected chi connectivity index (χ2v) is 9.25. The Kier molecular flexibility index (Phi) is 5.67. The lowest BCUT2D eigenvalue weighted by Gasteiger charge is -2.18. The normalized spacial score (nSPS) is 12.6. The molecule has 1 unspecified atom stereocenters. The van der Waals surface area contributed by atoms with E-state index in [0.717, 1.165) is 22.0 Å². The van der Waals surface area contributed by atoms with Gasteiger partial charge in [-0.1, -0.05) is 6.07 Å². The maximum Gasteiger partial charge on any atom is 0.181 e. The third-order valence-electron chi connectivity index (χ3n) is 6.26. The summed E-state index contributed by atoms with van der Waals surface area (Å²) in [7, 11) is 3.87. The van der Waals surface area contributed by atoms with Gasteiger partial charge in [-0.3, -0.25) is 15.1 Å². The summed E-state index contributed by atoms with van der Waals surface area (Å²) in [5.41, 5.74) is 12.9. The van der Waals surface area contributed by atoms with Crippen molar-refractivity contribution in [2.75, 3.05) is 20.6 Å². The Morgan fingerprint density at radius 1 is 1.00 bits per heavy atom. The fraction of sp³-hybridized carbons (Fsp3) is 0.148. The molecule has 0 fully saturated rings. The highest BCUT2D eigenvalue weighted by molar-refractivity contribution is 5.96. The first kappa shape index (κ1) is 22.9. The van der Waals surface area contributed by atoms with Crippen LogP contribution >= 0.6 is 0 Å². The number of pyridine rings is 3. The average molecular weight is 494 g/mol. The molecule has 4 N–H and O–H groups in total. The third-order valence-corrected chi connectivity index (χ3v) is 6.26. The highest BCUT2D eigenvalue weighted by Gasteiger charge is 2.18. The standard InChI is InChI=1S/C27H24FN9/c1-37(2)14-22(29)17-6-16(7-19(28)8-17)21-12-31-13-23-24(21)34-27(33-23)25-20-9-18(11-32-26(20)36-35-25)15-4-3-5-30-10-15/h3-13,22H,14,29H2,1-2H3,(H,33,34)(H,32,35,36). The van der Waals surface area contributed by atoms with Crippen LogP contribution in [0, 0.1) is 5.82 Å². The van der Waals surface area contributed by atoms with Gasteiger partial charge < -0.3 is 15.6 Å². The minimum absolute atomic E-state index is 0.329. The molecule has 5 heterocycles. The third kappa shape index (κ3) is 4.32. The zero-order chi connectivity index (χ0) is 25.5. The van der Waals surface area contributed by atoms with Crippen molar-refractivity contribution in [2.24, 2.45) is 5.73 Å². The maximum atomic E-state index is 14.6. The van der Waals surface area contributed by atoms with E-state index < -0.39 is 0 Å². The molecule has 1 atom stereocenters. The molecule has 0 bridgehead atoms. The fourth-order valence-corrected chi connectivity index (χ4v) is 4.51. The van der Waals surface area contributed by atoms with Crippen molar-refractivity contribution >= 4 is 22.1 Å². The van der Waals surface area contributed by atoms with Crippen molar-refractivity contribution in [2.45, 2.75) is 6.04 Å². The van der Waals surface area contributed by atoms with E-state index in [1.165, 1.54) is 12.1 Å². The highest BCUT2D eigenvalue weighted by Crippen LogP contribution is 2.33. The van der Waals surface area contributed by atoms with Crippen molar-refractivity contribution in [1.82, 2.24) is 40.0 Å². The number of rotatable bonds is 6. The van der Waals surface area contributed by atoms with Gasteiger partial charge in [-0.2, -0.15) is 5.10 Å². The molecule has 184 valence electrons. The number of hydrogen-bond donors (Lipinski definition) is 3. The van der Waals surface area contributed by atoms with Crippen LogP contribution in [0.5, 0.6) is 0 Å². The van der Waals surface area contributed by atoms with Crippen molar-refractivity contribution in [3.8, 4) is 33.8 Å². The molecule has 0 aliphatic carbocycles. The van der Waals surface area contributed by atoms with Crippen molar-refractivity contribution in [3.05, 3.63) is 78.8 Å². The lowest BCUT2D eigenvalue weighted by atomic mass is 9.99. The highest BCUT2D eigenvalue weighted by atomic mass is 19.1. The number of halogens is 1. The van der Waals surface area contributed by atoms with Crippen molar-refractivity contribution in [3.63, 3.8) is 0 Å². The Bertz CT molecular complexity index is 1720. The zero-order valence-electron chi connectivity index (χ0n) is 20.3. The molecule has 6 rings (SSSR count). The Morgan fingerprint density at radius 2 is 1.89 bits per heavy atom. The molecule has 0 aliphatic heterocycles. The average Bonchev–Trinajstić information content (AvgIpc) is 3.52. The minimum Gasteiger partial charge on any atom is -0.335 e. The summed E-state index contributed by atoms with van der Waals surface area (Å²) in [5.74, 6) is 0.223. The van der Waals surface area contributed by atoms with E-state index in [2.05, 4.69) is 30.1 Å². The summed E-state index contributed by atoms with van der Waals surface area (Å²) in [4.78, 5) is 23.2. The number of H-pyrrole nitrogens is 2. The van der Waals surface area contributed by atoms with E-state index in [-0.39, 0.29) is 11.9 Å². The molecule has 0 saturated heterocycles. The molecular formula is C27H24FN9. The van der Waals surface area contributed by atoms with Gasteiger partial charge in [0.25, 0.3) is 0 Å². The second kappa shape index (κ2) is 9.16. The molecule has 0 spiro atoms. The van der Waals surface area contributed by atoms with E-state index in [9.17, 15) is 4.39 Å². The Labute approximate surface area is 211 Å². The molecule has 0 radical (unpaired) electrons. The van der Waals surface area contributed by atoms with E-state index in [0.29, 0.717) is 45.9 Å². The van der Waals surface area contributed by atoms with Gasteiger partial charge in [0.05, 0.1) is 22.6 Å².